The number of benzene rings is 3. The molecule has 2 amide bonds. The summed E-state index contributed by atoms with van der Waals surface area (Å²) >= 11 is 12.2. The monoisotopic (exact) mass is 465 g/mol. The maximum atomic E-state index is 13.2. The van der Waals surface area contributed by atoms with Gasteiger partial charge in [0.1, 0.15) is 17.0 Å². The van der Waals surface area contributed by atoms with Crippen molar-refractivity contribution in [3.63, 3.8) is 0 Å². The molecular formula is C24H17Cl2N3O3. The Kier molecular flexibility index (Phi) is 6.25. The lowest BCUT2D eigenvalue weighted by Crippen LogP contribution is -2.17. The smallest absolute Gasteiger partial charge is 0.261 e. The molecule has 0 fully saturated rings. The van der Waals surface area contributed by atoms with Crippen LogP contribution in [0.15, 0.2) is 77.3 Å². The minimum atomic E-state index is -0.438. The Balaban J connectivity index is 1.61. The molecule has 0 unspecified atom stereocenters. The number of nitrogens with one attached hydrogen (secondary N) is 2. The highest BCUT2D eigenvalue weighted by Gasteiger charge is 2.24. The van der Waals surface area contributed by atoms with Gasteiger partial charge in [0, 0.05) is 16.1 Å². The molecule has 6 nitrogen and oxygen atoms in total. The molecule has 160 valence electrons. The number of nitrogens with zero attached hydrogens (tertiary/aromatic N) is 1. The normalized spacial score (nSPS) is 10.6. The van der Waals surface area contributed by atoms with Crippen LogP contribution in [-0.2, 0) is 0 Å². The van der Waals surface area contributed by atoms with Gasteiger partial charge in [-0.25, -0.2) is 0 Å². The molecule has 3 aromatic carbocycles. The van der Waals surface area contributed by atoms with E-state index in [1.54, 1.807) is 79.7 Å². The van der Waals surface area contributed by atoms with Crippen LogP contribution in [-0.4, -0.2) is 17.0 Å². The number of anilines is 2. The minimum Gasteiger partial charge on any atom is -0.360 e. The summed E-state index contributed by atoms with van der Waals surface area (Å²) in [6.45, 7) is 1.65. The fraction of sp³-hybridized carbons (Fsp3) is 0.0417. The Morgan fingerprint density at radius 3 is 2.06 bits per heavy atom. The van der Waals surface area contributed by atoms with E-state index in [-0.39, 0.29) is 11.5 Å². The third-order valence-corrected chi connectivity index (χ3v) is 5.33. The van der Waals surface area contributed by atoms with Crippen molar-refractivity contribution in [2.45, 2.75) is 6.92 Å². The van der Waals surface area contributed by atoms with Crippen molar-refractivity contribution in [3.8, 4) is 11.3 Å². The van der Waals surface area contributed by atoms with Crippen LogP contribution >= 0.6 is 23.2 Å². The van der Waals surface area contributed by atoms with Crippen molar-refractivity contribution in [1.29, 1.82) is 0 Å². The van der Waals surface area contributed by atoms with Crippen molar-refractivity contribution in [2.75, 3.05) is 10.6 Å². The minimum absolute atomic E-state index is 0.261. The third-order valence-electron chi connectivity index (χ3n) is 4.75. The molecule has 0 atom stereocenters. The van der Waals surface area contributed by atoms with Crippen LogP contribution in [0, 0.1) is 6.92 Å². The van der Waals surface area contributed by atoms with Crippen LogP contribution < -0.4 is 10.6 Å². The first-order chi connectivity index (χ1) is 15.4. The van der Waals surface area contributed by atoms with E-state index in [0.717, 1.165) is 0 Å². The number of aromatic nitrogens is 1. The molecule has 0 aliphatic rings. The van der Waals surface area contributed by atoms with E-state index < -0.39 is 5.91 Å². The first kappa shape index (κ1) is 21.6. The molecule has 1 heterocycles. The summed E-state index contributed by atoms with van der Waals surface area (Å²) in [6, 6.07) is 20.5. The van der Waals surface area contributed by atoms with E-state index in [0.29, 0.717) is 44.0 Å². The SMILES string of the molecule is Cc1onc(-c2ccccc2Cl)c1C(=O)Nc1ccccc1NC(=O)c1ccc(Cl)cc1. The molecule has 4 aromatic rings. The van der Waals surface area contributed by atoms with E-state index in [1.807, 2.05) is 0 Å². The highest BCUT2D eigenvalue weighted by atomic mass is 35.5. The summed E-state index contributed by atoms with van der Waals surface area (Å²) < 4.78 is 5.28. The predicted octanol–water partition coefficient (Wildman–Crippen LogP) is 6.46. The van der Waals surface area contributed by atoms with Crippen LogP contribution in [0.5, 0.6) is 0 Å². The van der Waals surface area contributed by atoms with Crippen LogP contribution in [0.3, 0.4) is 0 Å². The van der Waals surface area contributed by atoms with Gasteiger partial charge in [0.2, 0.25) is 0 Å². The second-order valence-corrected chi connectivity index (χ2v) is 7.75. The van der Waals surface area contributed by atoms with E-state index in [4.69, 9.17) is 27.7 Å². The molecule has 4 rings (SSSR count). The largest absolute Gasteiger partial charge is 0.360 e. The summed E-state index contributed by atoms with van der Waals surface area (Å²) in [4.78, 5) is 25.8. The van der Waals surface area contributed by atoms with Gasteiger partial charge in [-0.05, 0) is 49.4 Å². The van der Waals surface area contributed by atoms with Crippen LogP contribution in [0.2, 0.25) is 10.0 Å². The molecule has 32 heavy (non-hydrogen) atoms. The molecular weight excluding hydrogens is 449 g/mol. The molecule has 0 spiro atoms. The van der Waals surface area contributed by atoms with E-state index in [2.05, 4.69) is 15.8 Å². The first-order valence-corrected chi connectivity index (χ1v) is 10.4. The summed E-state index contributed by atoms with van der Waals surface area (Å²) in [7, 11) is 0. The number of carbonyl (C=O) groups excluding carboxylic acids is 2. The number of aryl methyl sites for hydroxylation is 1. The predicted molar refractivity (Wildman–Crippen MR) is 125 cm³/mol. The van der Waals surface area contributed by atoms with Gasteiger partial charge in [-0.15, -0.1) is 0 Å². The highest BCUT2D eigenvalue weighted by Crippen LogP contribution is 2.32. The molecule has 0 bridgehead atoms. The molecule has 1 aromatic heterocycles. The number of carbonyl (C=O) groups is 2. The van der Waals surface area contributed by atoms with Gasteiger partial charge in [0.05, 0.1) is 16.4 Å². The Bertz CT molecular complexity index is 1300. The highest BCUT2D eigenvalue weighted by molar-refractivity contribution is 6.33. The van der Waals surface area contributed by atoms with E-state index in [1.165, 1.54) is 0 Å². The standard InChI is InChI=1S/C24H17Cl2N3O3/c1-14-21(22(29-32-14)17-6-2-3-7-18(17)26)24(31)28-20-9-5-4-8-19(20)27-23(30)15-10-12-16(25)13-11-15/h2-13H,1H3,(H,27,30)(H,28,31). The molecule has 8 heteroatoms. The van der Waals surface area contributed by atoms with Crippen molar-refractivity contribution in [2.24, 2.45) is 0 Å². The maximum absolute atomic E-state index is 13.2. The van der Waals surface area contributed by atoms with E-state index in [9.17, 15) is 9.59 Å². The number of hydrogen-bond donors (Lipinski definition) is 2. The zero-order valence-electron chi connectivity index (χ0n) is 16.9. The average Bonchev–Trinajstić information content (AvgIpc) is 3.17. The number of halogens is 2. The molecule has 0 aliphatic heterocycles. The van der Waals surface area contributed by atoms with Crippen LogP contribution in [0.4, 0.5) is 11.4 Å². The number of para-hydroxylation sites is 2. The van der Waals surface area contributed by atoms with Crippen LogP contribution in [0.25, 0.3) is 11.3 Å². The topological polar surface area (TPSA) is 84.2 Å². The van der Waals surface area contributed by atoms with Gasteiger partial charge in [0.15, 0.2) is 0 Å². The van der Waals surface area contributed by atoms with Gasteiger partial charge < -0.3 is 15.2 Å². The third kappa shape index (κ3) is 4.51. The average molecular weight is 466 g/mol. The Hall–Kier alpha value is -3.61. The fourth-order valence-electron chi connectivity index (χ4n) is 3.16. The summed E-state index contributed by atoms with van der Waals surface area (Å²) in [6.07, 6.45) is 0. The number of hydrogen-bond acceptors (Lipinski definition) is 4. The van der Waals surface area contributed by atoms with Crippen molar-refractivity contribution < 1.29 is 14.1 Å². The first-order valence-electron chi connectivity index (χ1n) is 9.62. The second kappa shape index (κ2) is 9.26. The Morgan fingerprint density at radius 2 is 1.41 bits per heavy atom. The van der Waals surface area contributed by atoms with Crippen molar-refractivity contribution in [1.82, 2.24) is 5.16 Å². The molecule has 0 aliphatic carbocycles. The van der Waals surface area contributed by atoms with Gasteiger partial charge in [-0.1, -0.05) is 58.7 Å². The van der Waals surface area contributed by atoms with Gasteiger partial charge >= 0.3 is 0 Å². The van der Waals surface area contributed by atoms with E-state index >= 15 is 0 Å². The molecule has 0 saturated heterocycles. The number of amides is 2. The second-order valence-electron chi connectivity index (χ2n) is 6.90. The lowest BCUT2D eigenvalue weighted by Gasteiger charge is -2.13. The lowest BCUT2D eigenvalue weighted by atomic mass is 10.1. The van der Waals surface area contributed by atoms with Gasteiger partial charge in [0.25, 0.3) is 11.8 Å². The zero-order valence-corrected chi connectivity index (χ0v) is 18.4. The van der Waals surface area contributed by atoms with Crippen molar-refractivity contribution in [3.05, 3.63) is 99.7 Å². The summed E-state index contributed by atoms with van der Waals surface area (Å²) in [5.41, 5.74) is 2.48. The van der Waals surface area contributed by atoms with Crippen molar-refractivity contribution >= 4 is 46.4 Å². The molecule has 0 radical (unpaired) electrons. The maximum Gasteiger partial charge on any atom is 0.261 e. The summed E-state index contributed by atoms with van der Waals surface area (Å²) in [5.74, 6) is -0.423. The zero-order chi connectivity index (χ0) is 22.7. The molecule has 0 saturated carbocycles. The fourth-order valence-corrected chi connectivity index (χ4v) is 3.51. The van der Waals surface area contributed by atoms with Crippen LogP contribution in [0.1, 0.15) is 26.5 Å². The number of rotatable bonds is 5. The van der Waals surface area contributed by atoms with Gasteiger partial charge in [-0.2, -0.15) is 0 Å². The van der Waals surface area contributed by atoms with Gasteiger partial charge in [-0.3, -0.25) is 9.59 Å². The molecule has 2 N–H and O–H groups in total. The quantitative estimate of drug-likeness (QED) is 0.354. The Morgan fingerprint density at radius 1 is 0.812 bits per heavy atom. The summed E-state index contributed by atoms with van der Waals surface area (Å²) in [5, 5.41) is 10.7. The Labute approximate surface area is 194 Å². The lowest BCUT2D eigenvalue weighted by molar-refractivity contribution is 0.101.